The Morgan fingerprint density at radius 2 is 1.93 bits per heavy atom. The molecule has 0 aliphatic carbocycles. The number of aryl methyl sites for hydroxylation is 2. The van der Waals surface area contributed by atoms with Crippen LogP contribution in [-0.2, 0) is 4.79 Å². The summed E-state index contributed by atoms with van der Waals surface area (Å²) in [5.41, 5.74) is 10.5. The zero-order valence-electron chi connectivity index (χ0n) is 15.4. The van der Waals surface area contributed by atoms with Gasteiger partial charge in [-0.25, -0.2) is 10.2 Å². The van der Waals surface area contributed by atoms with Gasteiger partial charge in [-0.15, -0.1) is 0 Å². The van der Waals surface area contributed by atoms with Crippen LogP contribution in [0.2, 0.25) is 0 Å². The Morgan fingerprint density at radius 3 is 2.59 bits per heavy atom. The lowest BCUT2D eigenvalue weighted by atomic mass is 10.1. The van der Waals surface area contributed by atoms with E-state index in [4.69, 9.17) is 15.2 Å². The molecule has 2 aromatic rings. The van der Waals surface area contributed by atoms with E-state index in [-0.39, 0.29) is 12.5 Å². The summed E-state index contributed by atoms with van der Waals surface area (Å²) in [5, 5.41) is 6.49. The molecule has 2 aromatic carbocycles. The second kappa shape index (κ2) is 9.23. The summed E-state index contributed by atoms with van der Waals surface area (Å²) >= 11 is 0. The number of hydrazone groups is 1. The topological polar surface area (TPSA) is 115 Å². The SMILES string of the molecule is COc1cc(/C=N/NC(N)=O)ccc1OCC(=O)Nc1ccc(C)cc1C. The number of ether oxygens (including phenoxy) is 2. The molecule has 0 aromatic heterocycles. The van der Waals surface area contributed by atoms with Crippen LogP contribution in [0.5, 0.6) is 11.5 Å². The van der Waals surface area contributed by atoms with Crippen LogP contribution in [0.15, 0.2) is 41.5 Å². The van der Waals surface area contributed by atoms with Crippen molar-refractivity contribution >= 4 is 23.8 Å². The molecule has 0 aliphatic heterocycles. The second-order valence-electron chi connectivity index (χ2n) is 5.80. The molecule has 142 valence electrons. The Morgan fingerprint density at radius 1 is 1.15 bits per heavy atom. The standard InChI is InChI=1S/C19H22N4O4/c1-12-4-6-15(13(2)8-12)22-18(24)11-27-16-7-5-14(9-17(16)26-3)10-21-23-19(20)25/h4-10H,11H2,1-3H3,(H,22,24)(H3,20,23,25)/b21-10+. The van der Waals surface area contributed by atoms with Gasteiger partial charge in [-0.1, -0.05) is 17.7 Å². The minimum atomic E-state index is -0.756. The van der Waals surface area contributed by atoms with Crippen molar-refractivity contribution < 1.29 is 19.1 Å². The molecule has 8 heteroatoms. The van der Waals surface area contributed by atoms with Crippen LogP contribution >= 0.6 is 0 Å². The van der Waals surface area contributed by atoms with Gasteiger partial charge in [-0.05, 0) is 49.2 Å². The molecule has 0 bridgehead atoms. The van der Waals surface area contributed by atoms with E-state index in [1.807, 2.05) is 32.0 Å². The number of urea groups is 1. The van der Waals surface area contributed by atoms with Gasteiger partial charge in [0, 0.05) is 5.69 Å². The van der Waals surface area contributed by atoms with E-state index in [1.165, 1.54) is 13.3 Å². The average molecular weight is 370 g/mol. The van der Waals surface area contributed by atoms with E-state index in [0.717, 1.165) is 16.8 Å². The first-order valence-corrected chi connectivity index (χ1v) is 8.15. The average Bonchev–Trinajstić information content (AvgIpc) is 2.62. The normalized spacial score (nSPS) is 10.5. The maximum atomic E-state index is 12.1. The molecule has 0 saturated heterocycles. The summed E-state index contributed by atoms with van der Waals surface area (Å²) in [6, 6.07) is 10.0. The largest absolute Gasteiger partial charge is 0.493 e. The van der Waals surface area contributed by atoms with Gasteiger partial charge >= 0.3 is 6.03 Å². The minimum absolute atomic E-state index is 0.166. The van der Waals surface area contributed by atoms with Crippen molar-refractivity contribution in [1.29, 1.82) is 0 Å². The molecule has 3 amide bonds. The van der Waals surface area contributed by atoms with Crippen molar-refractivity contribution in [2.75, 3.05) is 19.0 Å². The highest BCUT2D eigenvalue weighted by atomic mass is 16.5. The summed E-state index contributed by atoms with van der Waals surface area (Å²) in [5.74, 6) is 0.561. The van der Waals surface area contributed by atoms with Crippen LogP contribution in [0.25, 0.3) is 0 Å². The summed E-state index contributed by atoms with van der Waals surface area (Å²) in [4.78, 5) is 22.7. The quantitative estimate of drug-likeness (QED) is 0.512. The van der Waals surface area contributed by atoms with E-state index in [0.29, 0.717) is 17.1 Å². The predicted octanol–water partition coefficient (Wildman–Crippen LogP) is 2.33. The fourth-order valence-electron chi connectivity index (χ4n) is 2.34. The van der Waals surface area contributed by atoms with Gasteiger partial charge in [0.25, 0.3) is 5.91 Å². The third-order valence-electron chi connectivity index (χ3n) is 3.59. The van der Waals surface area contributed by atoms with E-state index in [9.17, 15) is 9.59 Å². The Bertz CT molecular complexity index is 865. The fourth-order valence-corrected chi connectivity index (χ4v) is 2.34. The molecule has 2 rings (SSSR count). The zero-order chi connectivity index (χ0) is 19.8. The van der Waals surface area contributed by atoms with Gasteiger partial charge in [0.15, 0.2) is 18.1 Å². The molecule has 0 radical (unpaired) electrons. The van der Waals surface area contributed by atoms with Crippen molar-refractivity contribution in [2.24, 2.45) is 10.8 Å². The van der Waals surface area contributed by atoms with Crippen LogP contribution in [-0.4, -0.2) is 31.9 Å². The van der Waals surface area contributed by atoms with Crippen molar-refractivity contribution in [2.45, 2.75) is 13.8 Å². The summed E-state index contributed by atoms with van der Waals surface area (Å²) in [6.45, 7) is 3.76. The number of nitrogens with zero attached hydrogens (tertiary/aromatic N) is 1. The number of benzene rings is 2. The summed E-state index contributed by atoms with van der Waals surface area (Å²) in [6.07, 6.45) is 1.41. The van der Waals surface area contributed by atoms with Gasteiger partial charge in [-0.2, -0.15) is 5.10 Å². The van der Waals surface area contributed by atoms with E-state index in [1.54, 1.807) is 18.2 Å². The highest BCUT2D eigenvalue weighted by Gasteiger charge is 2.10. The molecule has 0 heterocycles. The Balaban J connectivity index is 1.98. The number of carbonyl (C=O) groups is 2. The van der Waals surface area contributed by atoms with Crippen LogP contribution < -0.4 is 25.9 Å². The van der Waals surface area contributed by atoms with Gasteiger partial charge in [0.2, 0.25) is 0 Å². The van der Waals surface area contributed by atoms with Crippen molar-refractivity contribution in [3.05, 3.63) is 53.1 Å². The van der Waals surface area contributed by atoms with Crippen molar-refractivity contribution in [3.63, 3.8) is 0 Å². The number of primary amides is 1. The number of anilines is 1. The van der Waals surface area contributed by atoms with Crippen LogP contribution in [0.1, 0.15) is 16.7 Å². The maximum Gasteiger partial charge on any atom is 0.332 e. The molecule has 0 saturated carbocycles. The zero-order valence-corrected chi connectivity index (χ0v) is 15.4. The predicted molar refractivity (Wildman–Crippen MR) is 103 cm³/mol. The summed E-state index contributed by atoms with van der Waals surface area (Å²) < 4.78 is 10.8. The number of hydrogen-bond donors (Lipinski definition) is 3. The molecule has 0 atom stereocenters. The number of carbonyl (C=O) groups excluding carboxylic acids is 2. The number of methoxy groups -OCH3 is 1. The lowest BCUT2D eigenvalue weighted by Gasteiger charge is -2.12. The van der Waals surface area contributed by atoms with E-state index >= 15 is 0 Å². The number of nitrogens with one attached hydrogen (secondary N) is 2. The third kappa shape index (κ3) is 6.03. The highest BCUT2D eigenvalue weighted by Crippen LogP contribution is 2.27. The third-order valence-corrected chi connectivity index (χ3v) is 3.59. The van der Waals surface area contributed by atoms with Gasteiger partial charge in [0.05, 0.1) is 13.3 Å². The van der Waals surface area contributed by atoms with E-state index in [2.05, 4.69) is 15.8 Å². The second-order valence-corrected chi connectivity index (χ2v) is 5.80. The molecule has 4 N–H and O–H groups in total. The van der Waals surface area contributed by atoms with Crippen LogP contribution in [0.4, 0.5) is 10.5 Å². The number of nitrogens with two attached hydrogens (primary N) is 1. The lowest BCUT2D eigenvalue weighted by molar-refractivity contribution is -0.118. The van der Waals surface area contributed by atoms with Gasteiger partial charge < -0.3 is 20.5 Å². The first-order chi connectivity index (χ1) is 12.9. The highest BCUT2D eigenvalue weighted by molar-refractivity contribution is 5.92. The fraction of sp³-hybridized carbons (Fsp3) is 0.211. The maximum absolute atomic E-state index is 12.1. The van der Waals surface area contributed by atoms with Gasteiger partial charge in [0.1, 0.15) is 0 Å². The molecule has 0 unspecified atom stereocenters. The Kier molecular flexibility index (Phi) is 6.76. The minimum Gasteiger partial charge on any atom is -0.493 e. The Hall–Kier alpha value is -3.55. The van der Waals surface area contributed by atoms with Crippen LogP contribution in [0.3, 0.4) is 0 Å². The molecule has 0 spiro atoms. The van der Waals surface area contributed by atoms with E-state index < -0.39 is 6.03 Å². The number of hydrogen-bond acceptors (Lipinski definition) is 5. The molecule has 8 nitrogen and oxygen atoms in total. The Labute approximate surface area is 157 Å². The van der Waals surface area contributed by atoms with Gasteiger partial charge in [-0.3, -0.25) is 4.79 Å². The van der Waals surface area contributed by atoms with Crippen molar-refractivity contribution in [1.82, 2.24) is 5.43 Å². The van der Waals surface area contributed by atoms with Crippen LogP contribution in [0, 0.1) is 13.8 Å². The molecule has 0 fully saturated rings. The first kappa shape index (κ1) is 19.8. The molecular weight excluding hydrogens is 348 g/mol. The molecule has 0 aliphatic rings. The molecule has 27 heavy (non-hydrogen) atoms. The lowest BCUT2D eigenvalue weighted by Crippen LogP contribution is -2.24. The number of amides is 3. The van der Waals surface area contributed by atoms with Crippen molar-refractivity contribution in [3.8, 4) is 11.5 Å². The molecular formula is C19H22N4O4. The smallest absolute Gasteiger partial charge is 0.332 e. The monoisotopic (exact) mass is 370 g/mol. The first-order valence-electron chi connectivity index (χ1n) is 8.15. The summed E-state index contributed by atoms with van der Waals surface area (Å²) in [7, 11) is 1.49. The number of rotatable bonds is 7.